The standard InChI is InChI=1S/C21H29N3OS/c1-16-5-6-17(2)24(16)21-19(9-14-26-21)20(25)23-12-7-18(8-13-23)15-22-10-3-4-11-22/h5-6,9,14,18H,3-4,7-8,10-13,15H2,1-2H3. The van der Waals surface area contributed by atoms with Crippen molar-refractivity contribution in [2.75, 3.05) is 32.7 Å². The predicted molar refractivity (Wildman–Crippen MR) is 107 cm³/mol. The zero-order valence-corrected chi connectivity index (χ0v) is 16.7. The van der Waals surface area contributed by atoms with E-state index in [0.29, 0.717) is 0 Å². The van der Waals surface area contributed by atoms with Gasteiger partial charge in [-0.1, -0.05) is 0 Å². The van der Waals surface area contributed by atoms with Gasteiger partial charge in [0.2, 0.25) is 0 Å². The van der Waals surface area contributed by atoms with Crippen molar-refractivity contribution in [2.24, 2.45) is 5.92 Å². The first-order valence-corrected chi connectivity index (χ1v) is 10.8. The molecule has 5 heteroatoms. The monoisotopic (exact) mass is 371 g/mol. The Bertz CT molecular complexity index is 745. The molecule has 0 atom stereocenters. The van der Waals surface area contributed by atoms with Gasteiger partial charge in [0.1, 0.15) is 5.00 Å². The molecule has 4 nitrogen and oxygen atoms in total. The third kappa shape index (κ3) is 3.47. The van der Waals surface area contributed by atoms with Crippen molar-refractivity contribution >= 4 is 17.2 Å². The van der Waals surface area contributed by atoms with Crippen LogP contribution in [-0.4, -0.2) is 53.0 Å². The minimum absolute atomic E-state index is 0.202. The third-order valence-corrected chi connectivity index (χ3v) is 6.86. The minimum atomic E-state index is 0.202. The first-order valence-electron chi connectivity index (χ1n) is 9.88. The average Bonchev–Trinajstić information content (AvgIpc) is 3.37. The van der Waals surface area contributed by atoms with Crippen molar-refractivity contribution in [1.82, 2.24) is 14.4 Å². The van der Waals surface area contributed by atoms with E-state index in [9.17, 15) is 4.79 Å². The SMILES string of the molecule is Cc1ccc(C)n1-c1sccc1C(=O)N1CCC(CN2CCCC2)CC1. The number of aryl methyl sites for hydroxylation is 2. The molecule has 2 fully saturated rings. The Labute approximate surface area is 160 Å². The first kappa shape index (κ1) is 17.8. The second-order valence-electron chi connectivity index (χ2n) is 7.83. The predicted octanol–water partition coefficient (Wildman–Crippen LogP) is 4.10. The zero-order valence-electron chi connectivity index (χ0n) is 15.9. The van der Waals surface area contributed by atoms with Crippen LogP contribution in [0.3, 0.4) is 0 Å². The van der Waals surface area contributed by atoms with Gasteiger partial charge < -0.3 is 14.4 Å². The number of aromatic nitrogens is 1. The molecule has 26 heavy (non-hydrogen) atoms. The third-order valence-electron chi connectivity index (χ3n) is 5.97. The topological polar surface area (TPSA) is 28.5 Å². The fraction of sp³-hybridized carbons (Fsp3) is 0.571. The Balaban J connectivity index is 1.42. The van der Waals surface area contributed by atoms with E-state index in [2.05, 4.69) is 40.3 Å². The van der Waals surface area contributed by atoms with E-state index in [1.165, 1.54) is 43.9 Å². The number of nitrogens with zero attached hydrogens (tertiary/aromatic N) is 3. The second kappa shape index (κ2) is 7.57. The van der Waals surface area contributed by atoms with Crippen LogP contribution in [0, 0.1) is 19.8 Å². The molecule has 0 spiro atoms. The van der Waals surface area contributed by atoms with Gasteiger partial charge in [-0.05, 0) is 82.1 Å². The summed E-state index contributed by atoms with van der Waals surface area (Å²) in [5.74, 6) is 0.960. The smallest absolute Gasteiger partial charge is 0.256 e. The van der Waals surface area contributed by atoms with Crippen molar-refractivity contribution in [3.05, 3.63) is 40.5 Å². The largest absolute Gasteiger partial charge is 0.339 e. The molecule has 0 unspecified atom stereocenters. The van der Waals surface area contributed by atoms with Gasteiger partial charge in [-0.15, -0.1) is 11.3 Å². The van der Waals surface area contributed by atoms with E-state index in [0.717, 1.165) is 42.4 Å². The molecule has 0 bridgehead atoms. The van der Waals surface area contributed by atoms with Gasteiger partial charge in [0.25, 0.3) is 5.91 Å². The van der Waals surface area contributed by atoms with Crippen LogP contribution in [0.1, 0.15) is 47.4 Å². The second-order valence-corrected chi connectivity index (χ2v) is 8.73. The Morgan fingerprint density at radius 1 is 1.04 bits per heavy atom. The van der Waals surface area contributed by atoms with E-state index in [1.54, 1.807) is 11.3 Å². The molecular weight excluding hydrogens is 342 g/mol. The molecule has 0 aromatic carbocycles. The molecule has 4 rings (SSSR count). The number of rotatable bonds is 4. The van der Waals surface area contributed by atoms with Crippen LogP contribution in [-0.2, 0) is 0 Å². The lowest BCUT2D eigenvalue weighted by Gasteiger charge is -2.34. The highest BCUT2D eigenvalue weighted by atomic mass is 32.1. The molecule has 1 amide bonds. The van der Waals surface area contributed by atoms with Gasteiger partial charge in [-0.3, -0.25) is 4.79 Å². The number of hydrogen-bond donors (Lipinski definition) is 0. The summed E-state index contributed by atoms with van der Waals surface area (Å²) in [4.78, 5) is 17.8. The summed E-state index contributed by atoms with van der Waals surface area (Å²) >= 11 is 1.66. The van der Waals surface area contributed by atoms with E-state index >= 15 is 0 Å². The van der Waals surface area contributed by atoms with E-state index in [-0.39, 0.29) is 5.91 Å². The summed E-state index contributed by atoms with van der Waals surface area (Å²) in [7, 11) is 0. The van der Waals surface area contributed by atoms with Gasteiger partial charge in [0, 0.05) is 31.0 Å². The van der Waals surface area contributed by atoms with Crippen molar-refractivity contribution in [1.29, 1.82) is 0 Å². The van der Waals surface area contributed by atoms with Crippen molar-refractivity contribution < 1.29 is 4.79 Å². The molecule has 4 heterocycles. The van der Waals surface area contributed by atoms with E-state index in [1.807, 2.05) is 11.4 Å². The number of carbonyl (C=O) groups is 1. The average molecular weight is 372 g/mol. The van der Waals surface area contributed by atoms with Gasteiger partial charge in [-0.2, -0.15) is 0 Å². The number of thiophene rings is 1. The fourth-order valence-electron chi connectivity index (χ4n) is 4.45. The summed E-state index contributed by atoms with van der Waals surface area (Å²) in [6, 6.07) is 6.23. The van der Waals surface area contributed by atoms with Crippen LogP contribution in [0.15, 0.2) is 23.6 Å². The molecule has 2 aromatic rings. The van der Waals surface area contributed by atoms with Crippen molar-refractivity contribution in [3.63, 3.8) is 0 Å². The maximum Gasteiger partial charge on any atom is 0.256 e. The summed E-state index contributed by atoms with van der Waals surface area (Å²) in [6.07, 6.45) is 5.00. The highest BCUT2D eigenvalue weighted by Gasteiger charge is 2.27. The van der Waals surface area contributed by atoms with Gasteiger partial charge >= 0.3 is 0 Å². The van der Waals surface area contributed by atoms with Crippen LogP contribution in [0.4, 0.5) is 0 Å². The first-order chi connectivity index (χ1) is 12.6. The highest BCUT2D eigenvalue weighted by molar-refractivity contribution is 7.13. The van der Waals surface area contributed by atoms with E-state index in [4.69, 9.17) is 0 Å². The molecule has 0 N–H and O–H groups in total. The van der Waals surface area contributed by atoms with Crippen molar-refractivity contribution in [2.45, 2.75) is 39.5 Å². The molecule has 140 valence electrons. The quantitative estimate of drug-likeness (QED) is 0.809. The van der Waals surface area contributed by atoms with Gasteiger partial charge in [0.05, 0.1) is 5.56 Å². The van der Waals surface area contributed by atoms with E-state index < -0.39 is 0 Å². The molecule has 2 aliphatic rings. The number of carbonyl (C=O) groups excluding carboxylic acids is 1. The van der Waals surface area contributed by atoms with Crippen LogP contribution in [0.2, 0.25) is 0 Å². The van der Waals surface area contributed by atoms with Crippen LogP contribution >= 0.6 is 11.3 Å². The summed E-state index contributed by atoms with van der Waals surface area (Å²) < 4.78 is 2.21. The lowest BCUT2D eigenvalue weighted by Crippen LogP contribution is -2.41. The highest BCUT2D eigenvalue weighted by Crippen LogP contribution is 2.29. The van der Waals surface area contributed by atoms with Crippen LogP contribution in [0.25, 0.3) is 5.00 Å². The molecule has 0 saturated carbocycles. The Morgan fingerprint density at radius 3 is 2.35 bits per heavy atom. The maximum absolute atomic E-state index is 13.2. The Kier molecular flexibility index (Phi) is 5.18. The molecule has 0 radical (unpaired) electrons. The lowest BCUT2D eigenvalue weighted by atomic mass is 9.96. The summed E-state index contributed by atoms with van der Waals surface area (Å²) in [5.41, 5.74) is 3.22. The number of hydrogen-bond acceptors (Lipinski definition) is 3. The Hall–Kier alpha value is -1.59. The lowest BCUT2D eigenvalue weighted by molar-refractivity contribution is 0.0673. The van der Waals surface area contributed by atoms with Gasteiger partial charge in [0.15, 0.2) is 0 Å². The van der Waals surface area contributed by atoms with Crippen LogP contribution < -0.4 is 0 Å². The molecule has 2 aliphatic heterocycles. The number of likely N-dealkylation sites (tertiary alicyclic amines) is 2. The molecular formula is C21H29N3OS. The van der Waals surface area contributed by atoms with Crippen molar-refractivity contribution in [3.8, 4) is 5.00 Å². The normalized spacial score (nSPS) is 19.4. The fourth-order valence-corrected chi connectivity index (χ4v) is 5.45. The Morgan fingerprint density at radius 2 is 1.69 bits per heavy atom. The molecule has 2 saturated heterocycles. The minimum Gasteiger partial charge on any atom is -0.339 e. The maximum atomic E-state index is 13.2. The van der Waals surface area contributed by atoms with Crippen LogP contribution in [0.5, 0.6) is 0 Å². The number of piperidine rings is 1. The zero-order chi connectivity index (χ0) is 18.1. The summed E-state index contributed by atoms with van der Waals surface area (Å²) in [6.45, 7) is 9.77. The number of amides is 1. The molecule has 2 aromatic heterocycles. The molecule has 0 aliphatic carbocycles. The van der Waals surface area contributed by atoms with Gasteiger partial charge in [-0.25, -0.2) is 0 Å². The summed E-state index contributed by atoms with van der Waals surface area (Å²) in [5, 5.41) is 3.11.